The van der Waals surface area contributed by atoms with Gasteiger partial charge in [-0.15, -0.1) is 0 Å². The SMILES string of the molecule is CC/C=C/CC(=O)O.CCC(CC(=O)O)c1ccccc1.CO.Oc1ccccc1.[H+]. The van der Waals surface area contributed by atoms with Gasteiger partial charge in [0.1, 0.15) is 5.75 Å². The van der Waals surface area contributed by atoms with Crippen LogP contribution in [0.15, 0.2) is 72.8 Å². The number of para-hydroxylation sites is 1. The van der Waals surface area contributed by atoms with Crippen LogP contribution < -0.4 is 0 Å². The third-order valence-corrected chi connectivity index (χ3v) is 3.64. The van der Waals surface area contributed by atoms with Crippen LogP contribution in [-0.4, -0.2) is 39.5 Å². The van der Waals surface area contributed by atoms with Gasteiger partial charge in [-0.2, -0.15) is 0 Å². The van der Waals surface area contributed by atoms with E-state index in [1.54, 1.807) is 30.3 Å². The van der Waals surface area contributed by atoms with Crippen molar-refractivity contribution in [3.8, 4) is 5.75 Å². The number of aliphatic hydroxyl groups excluding tert-OH is 1. The maximum atomic E-state index is 10.5. The minimum atomic E-state index is -0.769. The van der Waals surface area contributed by atoms with Gasteiger partial charge in [-0.1, -0.05) is 74.5 Å². The molecule has 1 atom stereocenters. The summed E-state index contributed by atoms with van der Waals surface area (Å²) in [6.07, 6.45) is 5.65. The van der Waals surface area contributed by atoms with Crippen LogP contribution >= 0.6 is 0 Å². The Labute approximate surface area is 180 Å². The van der Waals surface area contributed by atoms with Crippen molar-refractivity contribution in [2.75, 3.05) is 7.11 Å². The fourth-order valence-electron chi connectivity index (χ4n) is 2.21. The summed E-state index contributed by atoms with van der Waals surface area (Å²) in [6, 6.07) is 18.5. The largest absolute Gasteiger partial charge is 1.00 e. The van der Waals surface area contributed by atoms with Crippen molar-refractivity contribution < 1.29 is 31.4 Å². The summed E-state index contributed by atoms with van der Waals surface area (Å²) in [6.45, 7) is 3.99. The molecular formula is C24H35O6+. The summed E-state index contributed by atoms with van der Waals surface area (Å²) < 4.78 is 0. The van der Waals surface area contributed by atoms with E-state index in [1.807, 2.05) is 56.3 Å². The fraction of sp³-hybridized carbons (Fsp3) is 0.333. The number of phenolic OH excluding ortho intramolecular Hbond substituents is 1. The Bertz CT molecular complexity index is 690. The highest BCUT2D eigenvalue weighted by atomic mass is 16.4. The molecule has 0 heterocycles. The molecule has 30 heavy (non-hydrogen) atoms. The van der Waals surface area contributed by atoms with Crippen molar-refractivity contribution in [2.45, 2.75) is 45.4 Å². The number of hydrogen-bond donors (Lipinski definition) is 4. The van der Waals surface area contributed by atoms with Gasteiger partial charge in [0.2, 0.25) is 0 Å². The number of phenols is 1. The second-order valence-electron chi connectivity index (χ2n) is 5.93. The van der Waals surface area contributed by atoms with E-state index >= 15 is 0 Å². The minimum Gasteiger partial charge on any atom is -0.508 e. The molecule has 0 bridgehead atoms. The minimum absolute atomic E-state index is 0. The molecule has 2 aromatic rings. The van der Waals surface area contributed by atoms with E-state index in [9.17, 15) is 9.59 Å². The zero-order valence-corrected chi connectivity index (χ0v) is 17.9. The monoisotopic (exact) mass is 419 g/mol. The van der Waals surface area contributed by atoms with Gasteiger partial charge in [-0.25, -0.2) is 0 Å². The van der Waals surface area contributed by atoms with Crippen LogP contribution in [0.2, 0.25) is 0 Å². The smallest absolute Gasteiger partial charge is 0.508 e. The lowest BCUT2D eigenvalue weighted by atomic mass is 9.93. The number of aliphatic hydroxyl groups is 1. The zero-order chi connectivity index (χ0) is 23.2. The Hall–Kier alpha value is -3.12. The van der Waals surface area contributed by atoms with Crippen LogP contribution in [0.25, 0.3) is 0 Å². The third-order valence-electron chi connectivity index (χ3n) is 3.64. The number of benzene rings is 2. The molecule has 6 heteroatoms. The Morgan fingerprint density at radius 2 is 1.37 bits per heavy atom. The third kappa shape index (κ3) is 18.3. The molecule has 6 nitrogen and oxygen atoms in total. The molecule has 0 aliphatic heterocycles. The van der Waals surface area contributed by atoms with Gasteiger partial charge in [0.25, 0.3) is 0 Å². The van der Waals surface area contributed by atoms with Crippen molar-refractivity contribution in [1.29, 1.82) is 0 Å². The van der Waals surface area contributed by atoms with Crippen LogP contribution in [0.5, 0.6) is 5.75 Å². The molecule has 0 aromatic heterocycles. The quantitative estimate of drug-likeness (QED) is 0.459. The molecule has 0 aliphatic carbocycles. The molecule has 0 radical (unpaired) electrons. The van der Waals surface area contributed by atoms with Crippen LogP contribution in [0, 0.1) is 0 Å². The van der Waals surface area contributed by atoms with E-state index in [0.717, 1.165) is 25.5 Å². The molecule has 0 aliphatic rings. The predicted octanol–water partition coefficient (Wildman–Crippen LogP) is 5.20. The number of carboxylic acid groups (broad SMARTS) is 2. The van der Waals surface area contributed by atoms with Crippen LogP contribution in [0.3, 0.4) is 0 Å². The van der Waals surface area contributed by atoms with Gasteiger partial charge in [-0.3, -0.25) is 9.59 Å². The van der Waals surface area contributed by atoms with Gasteiger partial charge in [0.05, 0.1) is 12.8 Å². The van der Waals surface area contributed by atoms with Crippen LogP contribution in [-0.2, 0) is 9.59 Å². The summed E-state index contributed by atoms with van der Waals surface area (Å²) >= 11 is 0. The lowest BCUT2D eigenvalue weighted by molar-refractivity contribution is -0.138. The number of aliphatic carboxylic acids is 2. The van der Waals surface area contributed by atoms with E-state index in [2.05, 4.69) is 0 Å². The average molecular weight is 420 g/mol. The lowest BCUT2D eigenvalue weighted by Crippen LogP contribution is -2.05. The van der Waals surface area contributed by atoms with Crippen molar-refractivity contribution in [1.82, 2.24) is 0 Å². The lowest BCUT2D eigenvalue weighted by Gasteiger charge is -2.11. The van der Waals surface area contributed by atoms with Gasteiger partial charge in [-0.05, 0) is 36.5 Å². The second-order valence-corrected chi connectivity index (χ2v) is 5.93. The first-order valence-corrected chi connectivity index (χ1v) is 9.72. The van der Waals surface area contributed by atoms with E-state index in [1.165, 1.54) is 0 Å². The standard InChI is InChI=1S/C11H14O2.C6H10O2.C6H6O.CH4O/c1-2-9(8-11(12)13)10-6-4-3-5-7-10;1-2-3-4-5-6(7)8;7-6-4-2-1-3-5-6;1-2/h3-7,9H,2,8H2,1H3,(H,12,13);3-4H,2,5H2,1H3,(H,7,8);1-5,7H;2H,1H3/p+1/b;4-3+;;. The van der Waals surface area contributed by atoms with Gasteiger partial charge in [0, 0.05) is 7.11 Å². The first-order chi connectivity index (χ1) is 14.4. The summed E-state index contributed by atoms with van der Waals surface area (Å²) in [5.41, 5.74) is 1.12. The zero-order valence-electron chi connectivity index (χ0n) is 18.9. The maximum Gasteiger partial charge on any atom is 1.00 e. The molecule has 166 valence electrons. The van der Waals surface area contributed by atoms with Crippen LogP contribution in [0.4, 0.5) is 0 Å². The Kier molecular flexibility index (Phi) is 20.0. The molecule has 2 rings (SSSR count). The molecular weight excluding hydrogens is 384 g/mol. The van der Waals surface area contributed by atoms with E-state index in [0.29, 0.717) is 5.75 Å². The van der Waals surface area contributed by atoms with Crippen molar-refractivity contribution >= 4 is 11.9 Å². The first-order valence-electron chi connectivity index (χ1n) is 9.72. The molecule has 4 N–H and O–H groups in total. The number of carboxylic acids is 2. The summed E-state index contributed by atoms with van der Waals surface area (Å²) in [7, 11) is 1.00. The molecule has 0 amide bonds. The normalized spacial score (nSPS) is 10.3. The van der Waals surface area contributed by atoms with E-state index in [4.69, 9.17) is 20.4 Å². The number of carbonyl (C=O) groups is 2. The van der Waals surface area contributed by atoms with Crippen molar-refractivity contribution in [2.24, 2.45) is 0 Å². The molecule has 0 saturated carbocycles. The van der Waals surface area contributed by atoms with Crippen LogP contribution in [0.1, 0.15) is 52.4 Å². The molecule has 0 spiro atoms. The van der Waals surface area contributed by atoms with Crippen molar-refractivity contribution in [3.63, 3.8) is 0 Å². The second kappa shape index (κ2) is 20.6. The summed E-state index contributed by atoms with van der Waals surface area (Å²) in [5, 5.41) is 32.4. The van der Waals surface area contributed by atoms with E-state index < -0.39 is 11.9 Å². The van der Waals surface area contributed by atoms with Gasteiger partial charge in [0.15, 0.2) is 0 Å². The Morgan fingerprint density at radius 3 is 1.70 bits per heavy atom. The number of allylic oxidation sites excluding steroid dienone is 1. The average Bonchev–Trinajstić information content (AvgIpc) is 2.75. The highest BCUT2D eigenvalue weighted by Gasteiger charge is 2.12. The first kappa shape index (κ1) is 29.1. The van der Waals surface area contributed by atoms with Gasteiger partial charge < -0.3 is 20.4 Å². The Balaban J connectivity index is -0.000000379. The fourth-order valence-corrected chi connectivity index (χ4v) is 2.21. The highest BCUT2D eigenvalue weighted by Crippen LogP contribution is 2.22. The summed E-state index contributed by atoms with van der Waals surface area (Å²) in [5.74, 6) is -1.02. The molecule has 2 aromatic carbocycles. The molecule has 1 unspecified atom stereocenters. The predicted molar refractivity (Wildman–Crippen MR) is 121 cm³/mol. The topological polar surface area (TPSA) is 115 Å². The van der Waals surface area contributed by atoms with Crippen molar-refractivity contribution in [3.05, 3.63) is 78.4 Å². The summed E-state index contributed by atoms with van der Waals surface area (Å²) in [4.78, 5) is 20.4. The highest BCUT2D eigenvalue weighted by molar-refractivity contribution is 5.68. The van der Waals surface area contributed by atoms with Gasteiger partial charge >= 0.3 is 13.4 Å². The number of rotatable bonds is 7. The molecule has 0 fully saturated rings. The number of hydrogen-bond acceptors (Lipinski definition) is 4. The Morgan fingerprint density at radius 1 is 0.867 bits per heavy atom. The molecule has 0 saturated heterocycles. The number of aromatic hydroxyl groups is 1. The van der Waals surface area contributed by atoms with E-state index in [-0.39, 0.29) is 20.2 Å². The maximum absolute atomic E-state index is 10.5.